The smallest absolute Gasteiger partial charge is 0.102 e. The van der Waals surface area contributed by atoms with Crippen LogP contribution in [0.3, 0.4) is 0 Å². The number of aliphatic hydroxyl groups is 2. The molecule has 2 N–H and O–H groups in total. The molecule has 176 valence electrons. The zero-order chi connectivity index (χ0) is 21.5. The maximum Gasteiger partial charge on any atom is 0.102 e. The van der Waals surface area contributed by atoms with Crippen LogP contribution in [-0.4, -0.2) is 54.1 Å². The molecule has 0 heterocycles. The fourth-order valence-electron chi connectivity index (χ4n) is 4.58. The SMILES string of the molecule is CCCCCCCCCCCCCCCCCC[N+](CCO)(CCO)CCCC. The summed E-state index contributed by atoms with van der Waals surface area (Å²) in [4.78, 5) is 0. The van der Waals surface area contributed by atoms with E-state index in [0.29, 0.717) is 0 Å². The van der Waals surface area contributed by atoms with Gasteiger partial charge in [0.15, 0.2) is 0 Å². The highest BCUT2D eigenvalue weighted by molar-refractivity contribution is 4.52. The Labute approximate surface area is 183 Å². The van der Waals surface area contributed by atoms with E-state index in [9.17, 15) is 10.2 Å². The van der Waals surface area contributed by atoms with Crippen molar-refractivity contribution in [3.8, 4) is 0 Å². The molecule has 0 atom stereocenters. The lowest BCUT2D eigenvalue weighted by molar-refractivity contribution is -0.929. The van der Waals surface area contributed by atoms with Gasteiger partial charge in [-0.2, -0.15) is 0 Å². The van der Waals surface area contributed by atoms with Crippen LogP contribution in [0.5, 0.6) is 0 Å². The first-order valence-corrected chi connectivity index (χ1v) is 13.3. The minimum Gasteiger partial charge on any atom is -0.391 e. The van der Waals surface area contributed by atoms with E-state index in [1.54, 1.807) is 0 Å². The van der Waals surface area contributed by atoms with Crippen LogP contribution in [0.4, 0.5) is 0 Å². The second-order valence-electron chi connectivity index (χ2n) is 9.34. The molecule has 0 rings (SSSR count). The third-order valence-electron chi connectivity index (χ3n) is 6.62. The van der Waals surface area contributed by atoms with Gasteiger partial charge in [-0.3, -0.25) is 0 Å². The normalized spacial score (nSPS) is 12.0. The molecule has 0 saturated heterocycles. The van der Waals surface area contributed by atoms with Gasteiger partial charge in [0, 0.05) is 0 Å². The topological polar surface area (TPSA) is 40.5 Å². The van der Waals surface area contributed by atoms with Gasteiger partial charge in [0.25, 0.3) is 0 Å². The number of quaternary nitrogens is 1. The Hall–Kier alpha value is -0.120. The molecule has 0 aliphatic carbocycles. The van der Waals surface area contributed by atoms with Crippen molar-refractivity contribution in [1.82, 2.24) is 0 Å². The summed E-state index contributed by atoms with van der Waals surface area (Å²) in [6, 6.07) is 0. The molecular formula is C26H56NO2+. The van der Waals surface area contributed by atoms with Crippen molar-refractivity contribution in [3.05, 3.63) is 0 Å². The second-order valence-corrected chi connectivity index (χ2v) is 9.34. The Bertz CT molecular complexity index is 303. The molecule has 0 aromatic heterocycles. The molecule has 0 unspecified atom stereocenters. The fourth-order valence-corrected chi connectivity index (χ4v) is 4.58. The Kier molecular flexibility index (Phi) is 22.5. The first kappa shape index (κ1) is 28.9. The molecule has 3 nitrogen and oxygen atoms in total. The van der Waals surface area contributed by atoms with Gasteiger partial charge >= 0.3 is 0 Å². The van der Waals surface area contributed by atoms with E-state index in [1.807, 2.05) is 0 Å². The minimum absolute atomic E-state index is 0.239. The van der Waals surface area contributed by atoms with Gasteiger partial charge in [0.1, 0.15) is 13.1 Å². The molecule has 0 fully saturated rings. The maximum absolute atomic E-state index is 9.47. The summed E-state index contributed by atoms with van der Waals surface area (Å²) >= 11 is 0. The molecule has 0 aromatic carbocycles. The zero-order valence-corrected chi connectivity index (χ0v) is 20.3. The van der Waals surface area contributed by atoms with E-state index in [0.717, 1.165) is 30.7 Å². The lowest BCUT2D eigenvalue weighted by Gasteiger charge is -2.38. The molecule has 3 heteroatoms. The molecule has 0 radical (unpaired) electrons. The van der Waals surface area contributed by atoms with Crippen LogP contribution in [-0.2, 0) is 0 Å². The highest BCUT2D eigenvalue weighted by Gasteiger charge is 2.25. The standard InChI is InChI=1S/C26H56NO2/c1-3-5-7-8-9-10-11-12-13-14-15-16-17-18-19-20-22-27(23-25-28,24-26-29)21-6-4-2/h28-29H,3-26H2,1-2H3/q+1. The summed E-state index contributed by atoms with van der Waals surface area (Å²) in [7, 11) is 0. The molecule has 29 heavy (non-hydrogen) atoms. The van der Waals surface area contributed by atoms with Crippen molar-refractivity contribution in [2.45, 2.75) is 129 Å². The van der Waals surface area contributed by atoms with Crippen LogP contribution in [0.1, 0.15) is 129 Å². The highest BCUT2D eigenvalue weighted by Crippen LogP contribution is 2.16. The van der Waals surface area contributed by atoms with Gasteiger partial charge < -0.3 is 14.7 Å². The second kappa shape index (κ2) is 22.6. The van der Waals surface area contributed by atoms with E-state index < -0.39 is 0 Å². The number of hydrogen-bond donors (Lipinski definition) is 2. The summed E-state index contributed by atoms with van der Waals surface area (Å²) in [5.74, 6) is 0. The number of aliphatic hydroxyl groups excluding tert-OH is 2. The van der Waals surface area contributed by atoms with Crippen molar-refractivity contribution in [2.75, 3.05) is 39.4 Å². The summed E-state index contributed by atoms with van der Waals surface area (Å²) in [5.41, 5.74) is 0. The number of hydrogen-bond acceptors (Lipinski definition) is 2. The third-order valence-corrected chi connectivity index (χ3v) is 6.62. The van der Waals surface area contributed by atoms with Gasteiger partial charge in [-0.15, -0.1) is 0 Å². The van der Waals surface area contributed by atoms with Gasteiger partial charge in [0.2, 0.25) is 0 Å². The van der Waals surface area contributed by atoms with E-state index in [-0.39, 0.29) is 13.2 Å². The highest BCUT2D eigenvalue weighted by atomic mass is 16.3. The van der Waals surface area contributed by atoms with Gasteiger partial charge in [0.05, 0.1) is 26.3 Å². The zero-order valence-electron chi connectivity index (χ0n) is 20.3. The van der Waals surface area contributed by atoms with Gasteiger partial charge in [-0.05, 0) is 19.3 Å². The molecule has 0 spiro atoms. The van der Waals surface area contributed by atoms with E-state index in [4.69, 9.17) is 0 Å². The fraction of sp³-hybridized carbons (Fsp3) is 1.00. The average molecular weight is 415 g/mol. The third kappa shape index (κ3) is 18.4. The molecule has 0 bridgehead atoms. The van der Waals surface area contributed by atoms with Crippen LogP contribution in [0.15, 0.2) is 0 Å². The van der Waals surface area contributed by atoms with Gasteiger partial charge in [-0.25, -0.2) is 0 Å². The van der Waals surface area contributed by atoms with Crippen molar-refractivity contribution in [1.29, 1.82) is 0 Å². The number of nitrogens with zero attached hydrogens (tertiary/aromatic N) is 1. The van der Waals surface area contributed by atoms with Crippen molar-refractivity contribution in [3.63, 3.8) is 0 Å². The molecule has 0 aromatic rings. The van der Waals surface area contributed by atoms with Crippen molar-refractivity contribution in [2.24, 2.45) is 0 Å². The number of unbranched alkanes of at least 4 members (excludes halogenated alkanes) is 16. The molecule has 0 saturated carbocycles. The summed E-state index contributed by atoms with van der Waals surface area (Å²) < 4.78 is 0.916. The molecule has 0 aliphatic heterocycles. The van der Waals surface area contributed by atoms with Crippen LogP contribution in [0.25, 0.3) is 0 Å². The molecule has 0 amide bonds. The maximum atomic E-state index is 9.47. The van der Waals surface area contributed by atoms with Crippen LogP contribution >= 0.6 is 0 Å². The predicted molar refractivity (Wildman–Crippen MR) is 128 cm³/mol. The molecular weight excluding hydrogens is 358 g/mol. The monoisotopic (exact) mass is 414 g/mol. The van der Waals surface area contributed by atoms with E-state index in [1.165, 1.54) is 116 Å². The van der Waals surface area contributed by atoms with Crippen molar-refractivity contribution < 1.29 is 14.7 Å². The lowest BCUT2D eigenvalue weighted by Crippen LogP contribution is -2.52. The van der Waals surface area contributed by atoms with Crippen molar-refractivity contribution >= 4 is 0 Å². The Balaban J connectivity index is 3.54. The first-order chi connectivity index (χ1) is 14.2. The van der Waals surface area contributed by atoms with Crippen LogP contribution in [0, 0.1) is 0 Å². The predicted octanol–water partition coefficient (Wildman–Crippen LogP) is 6.85. The average Bonchev–Trinajstić information content (AvgIpc) is 2.72. The van der Waals surface area contributed by atoms with Gasteiger partial charge in [-0.1, -0.05) is 110 Å². The quantitative estimate of drug-likeness (QED) is 0.134. The summed E-state index contributed by atoms with van der Waals surface area (Å²) in [6.45, 7) is 8.83. The Morgan fingerprint density at radius 3 is 1.03 bits per heavy atom. The Morgan fingerprint density at radius 1 is 0.379 bits per heavy atom. The minimum atomic E-state index is 0.239. The lowest BCUT2D eigenvalue weighted by atomic mass is 10.0. The summed E-state index contributed by atoms with van der Waals surface area (Å²) in [5, 5.41) is 18.9. The largest absolute Gasteiger partial charge is 0.391 e. The van der Waals surface area contributed by atoms with E-state index in [2.05, 4.69) is 13.8 Å². The molecule has 0 aliphatic rings. The number of rotatable bonds is 24. The first-order valence-electron chi connectivity index (χ1n) is 13.3. The van der Waals surface area contributed by atoms with E-state index >= 15 is 0 Å². The van der Waals surface area contributed by atoms with Crippen LogP contribution in [0.2, 0.25) is 0 Å². The summed E-state index contributed by atoms with van der Waals surface area (Å²) in [6.07, 6.45) is 24.8. The van der Waals surface area contributed by atoms with Crippen LogP contribution < -0.4 is 0 Å². The Morgan fingerprint density at radius 2 is 0.690 bits per heavy atom.